The van der Waals surface area contributed by atoms with Crippen LogP contribution in [0, 0.1) is 5.92 Å². The molecule has 1 aliphatic heterocycles. The molecule has 1 fully saturated rings. The van der Waals surface area contributed by atoms with Crippen molar-refractivity contribution < 1.29 is 8.42 Å². The van der Waals surface area contributed by atoms with Crippen LogP contribution in [0.3, 0.4) is 0 Å². The van der Waals surface area contributed by atoms with Crippen LogP contribution >= 0.6 is 0 Å². The summed E-state index contributed by atoms with van der Waals surface area (Å²) in [5, 5.41) is 4.98. The van der Waals surface area contributed by atoms with Crippen LogP contribution in [0.5, 0.6) is 0 Å². The Bertz CT molecular complexity index is 766. The standard InChI is InChI=1S/C13H18N6O2S/c14-22(20,21)17-8-10-2-1-7-19(9-10)12-4-3-11-13(18-12)16-6-5-15-11/h3-6,10,17H,1-2,7-9H2,(H2,14,20,21). The third-order valence-corrected chi connectivity index (χ3v) is 4.30. The SMILES string of the molecule is NS(=O)(=O)NCC1CCCN(c2ccc3nccnc3n2)C1. The Hall–Kier alpha value is -1.84. The van der Waals surface area contributed by atoms with Gasteiger partial charge >= 0.3 is 0 Å². The molecule has 1 atom stereocenters. The zero-order valence-electron chi connectivity index (χ0n) is 12.0. The average Bonchev–Trinajstić information content (AvgIpc) is 2.52. The molecule has 22 heavy (non-hydrogen) atoms. The van der Waals surface area contributed by atoms with Gasteiger partial charge < -0.3 is 4.90 Å². The molecule has 1 unspecified atom stereocenters. The van der Waals surface area contributed by atoms with Crippen LogP contribution in [0.2, 0.25) is 0 Å². The van der Waals surface area contributed by atoms with Gasteiger partial charge in [-0.25, -0.2) is 19.8 Å². The fourth-order valence-corrected chi connectivity index (χ4v) is 3.16. The van der Waals surface area contributed by atoms with E-state index in [0.29, 0.717) is 12.2 Å². The lowest BCUT2D eigenvalue weighted by molar-refractivity contribution is 0.409. The van der Waals surface area contributed by atoms with E-state index in [-0.39, 0.29) is 5.92 Å². The maximum atomic E-state index is 11.0. The summed E-state index contributed by atoms with van der Waals surface area (Å²) in [7, 11) is -3.64. The summed E-state index contributed by atoms with van der Waals surface area (Å²) in [5.41, 5.74) is 1.38. The first-order chi connectivity index (χ1) is 10.5. The predicted octanol–water partition coefficient (Wildman–Crippen LogP) is 0.0343. The molecule has 0 spiro atoms. The van der Waals surface area contributed by atoms with Gasteiger partial charge in [-0.05, 0) is 30.9 Å². The summed E-state index contributed by atoms with van der Waals surface area (Å²) in [6, 6.07) is 3.82. The number of rotatable bonds is 4. The van der Waals surface area contributed by atoms with Gasteiger partial charge in [0.25, 0.3) is 10.2 Å². The van der Waals surface area contributed by atoms with E-state index in [1.54, 1.807) is 12.4 Å². The number of pyridine rings is 1. The van der Waals surface area contributed by atoms with Gasteiger partial charge in [0.1, 0.15) is 11.3 Å². The number of nitrogens with two attached hydrogens (primary N) is 1. The quantitative estimate of drug-likeness (QED) is 0.821. The average molecular weight is 322 g/mol. The number of fused-ring (bicyclic) bond motifs is 1. The Morgan fingerprint density at radius 3 is 2.95 bits per heavy atom. The molecular formula is C13H18N6O2S. The summed E-state index contributed by atoms with van der Waals surface area (Å²) >= 11 is 0. The second kappa shape index (κ2) is 6.11. The molecule has 3 N–H and O–H groups in total. The first-order valence-electron chi connectivity index (χ1n) is 7.11. The molecule has 0 bridgehead atoms. The number of hydrogen-bond acceptors (Lipinski definition) is 6. The fraction of sp³-hybridized carbons (Fsp3) is 0.462. The van der Waals surface area contributed by atoms with Crippen molar-refractivity contribution in [1.29, 1.82) is 0 Å². The molecule has 0 aliphatic carbocycles. The van der Waals surface area contributed by atoms with Crippen LogP contribution in [0.25, 0.3) is 11.2 Å². The second-order valence-corrected chi connectivity index (χ2v) is 6.79. The van der Waals surface area contributed by atoms with E-state index >= 15 is 0 Å². The Balaban J connectivity index is 1.72. The summed E-state index contributed by atoms with van der Waals surface area (Å²) in [5.74, 6) is 1.06. The molecule has 2 aromatic heterocycles. The van der Waals surface area contributed by atoms with Crippen molar-refractivity contribution in [2.45, 2.75) is 12.8 Å². The zero-order valence-corrected chi connectivity index (χ0v) is 12.8. The number of nitrogens with one attached hydrogen (secondary N) is 1. The zero-order chi connectivity index (χ0) is 15.6. The molecule has 0 saturated carbocycles. The van der Waals surface area contributed by atoms with Crippen molar-refractivity contribution in [3.05, 3.63) is 24.5 Å². The van der Waals surface area contributed by atoms with Gasteiger partial charge in [0.2, 0.25) is 0 Å². The molecule has 1 aliphatic rings. The van der Waals surface area contributed by atoms with Gasteiger partial charge in [0.15, 0.2) is 5.65 Å². The van der Waals surface area contributed by atoms with Crippen LogP contribution < -0.4 is 14.8 Å². The van der Waals surface area contributed by atoms with E-state index in [1.807, 2.05) is 12.1 Å². The molecule has 118 valence electrons. The fourth-order valence-electron chi connectivity index (χ4n) is 2.69. The van der Waals surface area contributed by atoms with E-state index in [4.69, 9.17) is 5.14 Å². The lowest BCUT2D eigenvalue weighted by atomic mass is 9.98. The van der Waals surface area contributed by atoms with Gasteiger partial charge in [-0.15, -0.1) is 0 Å². The van der Waals surface area contributed by atoms with Crippen LogP contribution in [-0.2, 0) is 10.2 Å². The largest absolute Gasteiger partial charge is 0.356 e. The Kier molecular flexibility index (Phi) is 4.19. The number of aromatic nitrogens is 3. The van der Waals surface area contributed by atoms with Crippen molar-refractivity contribution in [3.63, 3.8) is 0 Å². The first-order valence-corrected chi connectivity index (χ1v) is 8.66. The number of nitrogens with zero attached hydrogens (tertiary/aromatic N) is 4. The van der Waals surface area contributed by atoms with Crippen molar-refractivity contribution >= 4 is 27.2 Å². The van der Waals surface area contributed by atoms with Crippen molar-refractivity contribution in [3.8, 4) is 0 Å². The Morgan fingerprint density at radius 1 is 1.32 bits per heavy atom. The molecule has 2 aromatic rings. The maximum absolute atomic E-state index is 11.0. The van der Waals surface area contributed by atoms with Gasteiger partial charge in [-0.3, -0.25) is 4.98 Å². The van der Waals surface area contributed by atoms with Crippen LogP contribution in [0.4, 0.5) is 5.82 Å². The lowest BCUT2D eigenvalue weighted by Gasteiger charge is -2.33. The topological polar surface area (TPSA) is 114 Å². The molecule has 0 amide bonds. The van der Waals surface area contributed by atoms with E-state index < -0.39 is 10.2 Å². The molecule has 8 nitrogen and oxygen atoms in total. The highest BCUT2D eigenvalue weighted by Crippen LogP contribution is 2.22. The van der Waals surface area contributed by atoms with Crippen molar-refractivity contribution in [1.82, 2.24) is 19.7 Å². The van der Waals surface area contributed by atoms with E-state index in [2.05, 4.69) is 24.6 Å². The highest BCUT2D eigenvalue weighted by molar-refractivity contribution is 7.87. The number of piperidine rings is 1. The molecule has 3 heterocycles. The molecule has 0 radical (unpaired) electrons. The predicted molar refractivity (Wildman–Crippen MR) is 83.4 cm³/mol. The Morgan fingerprint density at radius 2 is 2.14 bits per heavy atom. The van der Waals surface area contributed by atoms with Gasteiger partial charge in [-0.1, -0.05) is 0 Å². The summed E-state index contributed by atoms with van der Waals surface area (Å²) in [6.45, 7) is 1.98. The minimum Gasteiger partial charge on any atom is -0.356 e. The van der Waals surface area contributed by atoms with Crippen molar-refractivity contribution in [2.24, 2.45) is 11.1 Å². The van der Waals surface area contributed by atoms with E-state index in [1.165, 1.54) is 0 Å². The van der Waals surface area contributed by atoms with Crippen LogP contribution in [0.15, 0.2) is 24.5 Å². The monoisotopic (exact) mass is 322 g/mol. The highest BCUT2D eigenvalue weighted by atomic mass is 32.2. The maximum Gasteiger partial charge on any atom is 0.274 e. The summed E-state index contributed by atoms with van der Waals surface area (Å²) in [6.07, 6.45) is 5.21. The van der Waals surface area contributed by atoms with Gasteiger partial charge in [0, 0.05) is 32.0 Å². The summed E-state index contributed by atoms with van der Waals surface area (Å²) < 4.78 is 24.4. The molecule has 0 aromatic carbocycles. The van der Waals surface area contributed by atoms with Crippen molar-refractivity contribution in [2.75, 3.05) is 24.5 Å². The molecule has 3 rings (SSSR count). The molecule has 9 heteroatoms. The highest BCUT2D eigenvalue weighted by Gasteiger charge is 2.22. The third-order valence-electron chi connectivity index (χ3n) is 3.73. The second-order valence-electron chi connectivity index (χ2n) is 5.42. The number of hydrogen-bond donors (Lipinski definition) is 2. The van der Waals surface area contributed by atoms with Gasteiger partial charge in [0.05, 0.1) is 0 Å². The smallest absolute Gasteiger partial charge is 0.274 e. The first kappa shape index (κ1) is 15.1. The minimum atomic E-state index is -3.64. The minimum absolute atomic E-state index is 0.214. The Labute approximate surface area is 129 Å². The summed E-state index contributed by atoms with van der Waals surface area (Å²) in [4.78, 5) is 15.1. The normalized spacial score (nSPS) is 19.5. The lowest BCUT2D eigenvalue weighted by Crippen LogP contribution is -2.42. The third kappa shape index (κ3) is 3.67. The van der Waals surface area contributed by atoms with Gasteiger partial charge in [-0.2, -0.15) is 8.42 Å². The molecular weight excluding hydrogens is 304 g/mol. The van der Waals surface area contributed by atoms with E-state index in [9.17, 15) is 8.42 Å². The number of anilines is 1. The van der Waals surface area contributed by atoms with E-state index in [0.717, 1.165) is 37.3 Å². The van der Waals surface area contributed by atoms with Crippen LogP contribution in [0.1, 0.15) is 12.8 Å². The molecule has 1 saturated heterocycles. The van der Waals surface area contributed by atoms with Crippen LogP contribution in [-0.4, -0.2) is 43.0 Å².